The number of para-hydroxylation sites is 1. The quantitative estimate of drug-likeness (QED) is 0.353. The number of alkyl halides is 2. The molecule has 14 heteroatoms. The van der Waals surface area contributed by atoms with E-state index in [2.05, 4.69) is 16.0 Å². The molecule has 4 aliphatic rings. The number of amides is 3. The lowest BCUT2D eigenvalue weighted by atomic mass is 9.81. The second-order valence-corrected chi connectivity index (χ2v) is 12.7. The van der Waals surface area contributed by atoms with Crippen LogP contribution in [0.15, 0.2) is 24.3 Å². The number of rotatable bonds is 7. The molecule has 1 saturated carbocycles. The molecule has 3 aliphatic heterocycles. The number of piperazine rings is 1. The number of ether oxygens (including phenoxy) is 1. The Kier molecular flexibility index (Phi) is 11.9. The minimum absolute atomic E-state index is 0. The van der Waals surface area contributed by atoms with Crippen molar-refractivity contribution in [2.75, 3.05) is 33.3 Å². The number of carbonyl (C=O) groups excluding carboxylic acids is 3. The van der Waals surface area contributed by atoms with Crippen LogP contribution in [0.5, 0.6) is 5.75 Å². The average molecular weight is 665 g/mol. The minimum Gasteiger partial charge on any atom is -0.493 e. The molecule has 0 bridgehead atoms. The van der Waals surface area contributed by atoms with Crippen LogP contribution in [0, 0.1) is 5.92 Å². The van der Waals surface area contributed by atoms with Crippen LogP contribution in [-0.4, -0.2) is 102 Å². The molecule has 4 N–H and O–H groups in total. The summed E-state index contributed by atoms with van der Waals surface area (Å²) in [5.41, 5.74) is -0.100. The van der Waals surface area contributed by atoms with Crippen molar-refractivity contribution in [2.45, 2.75) is 94.1 Å². The zero-order valence-electron chi connectivity index (χ0n) is 25.4. The fraction of sp³-hybridized carbons (Fsp3) is 0.700. The molecule has 248 valence electrons. The van der Waals surface area contributed by atoms with Gasteiger partial charge in [-0.1, -0.05) is 18.2 Å². The van der Waals surface area contributed by atoms with Gasteiger partial charge in [0.25, 0.3) is 0 Å². The van der Waals surface area contributed by atoms with Crippen molar-refractivity contribution >= 4 is 42.5 Å². The van der Waals surface area contributed by atoms with E-state index in [4.69, 9.17) is 4.74 Å². The number of hydrogen-bond donors (Lipinski definition) is 4. The van der Waals surface area contributed by atoms with E-state index in [-0.39, 0.29) is 81.6 Å². The Hall–Kier alpha value is -2.25. The monoisotopic (exact) mass is 663 g/mol. The van der Waals surface area contributed by atoms with Gasteiger partial charge in [0.05, 0.1) is 24.3 Å². The van der Waals surface area contributed by atoms with Gasteiger partial charge < -0.3 is 30.7 Å². The second kappa shape index (κ2) is 14.5. The predicted octanol–water partition coefficient (Wildman–Crippen LogP) is 2.42. The Morgan fingerprint density at radius 3 is 2.45 bits per heavy atom. The average Bonchev–Trinajstić information content (AvgIpc) is 3.27. The highest BCUT2D eigenvalue weighted by atomic mass is 35.5. The molecule has 3 amide bonds. The van der Waals surface area contributed by atoms with E-state index >= 15 is 0 Å². The lowest BCUT2D eigenvalue weighted by Crippen LogP contribution is -2.66. The van der Waals surface area contributed by atoms with Gasteiger partial charge in [-0.15, -0.1) is 24.8 Å². The van der Waals surface area contributed by atoms with Gasteiger partial charge in [-0.2, -0.15) is 0 Å². The van der Waals surface area contributed by atoms with Crippen molar-refractivity contribution in [1.82, 2.24) is 25.8 Å². The van der Waals surface area contributed by atoms with Gasteiger partial charge in [0, 0.05) is 50.5 Å². The molecule has 0 spiro atoms. The molecule has 0 radical (unpaired) electrons. The van der Waals surface area contributed by atoms with Crippen molar-refractivity contribution < 1.29 is 33.0 Å². The van der Waals surface area contributed by atoms with Crippen LogP contribution in [0.25, 0.3) is 0 Å². The van der Waals surface area contributed by atoms with Gasteiger partial charge in [0.1, 0.15) is 17.8 Å². The first-order valence-electron chi connectivity index (χ1n) is 15.0. The van der Waals surface area contributed by atoms with Crippen molar-refractivity contribution in [3.8, 4) is 5.75 Å². The Bertz CT molecular complexity index is 1180. The summed E-state index contributed by atoms with van der Waals surface area (Å²) in [4.78, 5) is 44.9. The van der Waals surface area contributed by atoms with Crippen LogP contribution >= 0.6 is 24.8 Å². The van der Waals surface area contributed by atoms with Crippen LogP contribution in [0.4, 0.5) is 8.78 Å². The van der Waals surface area contributed by atoms with Crippen LogP contribution in [0.2, 0.25) is 0 Å². The van der Waals surface area contributed by atoms with Crippen molar-refractivity contribution in [2.24, 2.45) is 5.92 Å². The Morgan fingerprint density at radius 1 is 1.09 bits per heavy atom. The Labute approximate surface area is 269 Å². The molecule has 0 aromatic heterocycles. The maximum absolute atomic E-state index is 14.4. The first-order valence-corrected chi connectivity index (χ1v) is 15.0. The number of nitrogens with zero attached hydrogens (tertiary/aromatic N) is 2. The summed E-state index contributed by atoms with van der Waals surface area (Å²) in [6.07, 6.45) is 0.469. The molecule has 1 aromatic carbocycles. The Morgan fingerprint density at radius 2 is 1.77 bits per heavy atom. The van der Waals surface area contributed by atoms with Gasteiger partial charge >= 0.3 is 0 Å². The molecule has 1 aliphatic carbocycles. The maximum Gasteiger partial charge on any atom is 0.248 e. The normalized spacial score (nSPS) is 29.4. The number of hydrogen-bond acceptors (Lipinski definition) is 7. The first kappa shape index (κ1) is 36.2. The highest BCUT2D eigenvalue weighted by Crippen LogP contribution is 2.39. The SMILES string of the molecule is CN[C@@H](C)C(=O)N[C@H](C(=O)N1C[C@H]2C[C@@](C)(O)CN2C[C@H]1C(=O)N[C@@H]1CCOc2ccccc21)C1CCC(F)(F)CC1.Cl.Cl. The van der Waals surface area contributed by atoms with E-state index in [1.807, 2.05) is 29.2 Å². The molecule has 3 fully saturated rings. The third-order valence-corrected chi connectivity index (χ3v) is 9.41. The molecule has 44 heavy (non-hydrogen) atoms. The smallest absolute Gasteiger partial charge is 0.248 e. The third-order valence-electron chi connectivity index (χ3n) is 9.41. The highest BCUT2D eigenvalue weighted by molar-refractivity contribution is 5.93. The molecule has 3 heterocycles. The third kappa shape index (κ3) is 7.93. The largest absolute Gasteiger partial charge is 0.493 e. The number of fused-ring (bicyclic) bond motifs is 2. The van der Waals surface area contributed by atoms with E-state index in [9.17, 15) is 28.3 Å². The van der Waals surface area contributed by atoms with E-state index in [1.54, 1.807) is 20.9 Å². The van der Waals surface area contributed by atoms with Gasteiger partial charge in [0.15, 0.2) is 0 Å². The highest BCUT2D eigenvalue weighted by Gasteiger charge is 2.50. The molecular formula is C30H45Cl2F2N5O5. The van der Waals surface area contributed by atoms with Gasteiger partial charge in [0.2, 0.25) is 23.6 Å². The summed E-state index contributed by atoms with van der Waals surface area (Å²) in [5, 5.41) is 19.7. The van der Waals surface area contributed by atoms with E-state index in [0.29, 0.717) is 31.7 Å². The van der Waals surface area contributed by atoms with E-state index in [1.165, 1.54) is 4.90 Å². The summed E-state index contributed by atoms with van der Waals surface area (Å²) in [6, 6.07) is 4.52. The van der Waals surface area contributed by atoms with E-state index < -0.39 is 47.4 Å². The van der Waals surface area contributed by atoms with Crippen LogP contribution in [0.3, 0.4) is 0 Å². The van der Waals surface area contributed by atoms with Gasteiger partial charge in [-0.25, -0.2) is 8.78 Å². The van der Waals surface area contributed by atoms with Gasteiger partial charge in [-0.3, -0.25) is 19.3 Å². The molecule has 6 atom stereocenters. The predicted molar refractivity (Wildman–Crippen MR) is 165 cm³/mol. The molecular weight excluding hydrogens is 619 g/mol. The van der Waals surface area contributed by atoms with Gasteiger partial charge in [-0.05, 0) is 52.1 Å². The lowest BCUT2D eigenvalue weighted by molar-refractivity contribution is -0.150. The van der Waals surface area contributed by atoms with E-state index in [0.717, 1.165) is 5.56 Å². The maximum atomic E-state index is 14.4. The lowest BCUT2D eigenvalue weighted by Gasteiger charge is -2.45. The first-order chi connectivity index (χ1) is 19.9. The second-order valence-electron chi connectivity index (χ2n) is 12.7. The number of benzene rings is 1. The van der Waals surface area contributed by atoms with Crippen molar-refractivity contribution in [3.05, 3.63) is 29.8 Å². The topological polar surface area (TPSA) is 123 Å². The number of likely N-dealkylation sites (N-methyl/N-ethyl adjacent to an activating group) is 1. The number of carbonyl (C=O) groups is 3. The fourth-order valence-electron chi connectivity index (χ4n) is 6.93. The summed E-state index contributed by atoms with van der Waals surface area (Å²) < 4.78 is 33.9. The molecule has 2 saturated heterocycles. The van der Waals surface area contributed by atoms with Crippen molar-refractivity contribution in [1.29, 1.82) is 0 Å². The standard InChI is InChI=1S/C30H43F2N5O5.2ClH/c1-18(33-3)26(38)35-25(19-8-11-30(31,32)12-9-19)28(40)37-15-20-14-29(2,41)17-36(20)16-23(37)27(39)34-22-10-13-42-24-7-5-4-6-21(22)24;;/h4-7,18-20,22-23,25,33,41H,8-17H2,1-3H3,(H,34,39)(H,35,38);2*1H/t18-,20+,22+,23-,25-,29+;;/m0../s1. The summed E-state index contributed by atoms with van der Waals surface area (Å²) in [7, 11) is 1.63. The molecule has 0 unspecified atom stereocenters. The van der Waals surface area contributed by atoms with Crippen LogP contribution in [0.1, 0.15) is 64.0 Å². The van der Waals surface area contributed by atoms with Crippen LogP contribution in [-0.2, 0) is 14.4 Å². The van der Waals surface area contributed by atoms with Crippen LogP contribution < -0.4 is 20.7 Å². The zero-order valence-corrected chi connectivity index (χ0v) is 27.0. The van der Waals surface area contributed by atoms with Crippen molar-refractivity contribution in [3.63, 3.8) is 0 Å². The fourth-order valence-corrected chi connectivity index (χ4v) is 6.93. The summed E-state index contributed by atoms with van der Waals surface area (Å²) in [6.45, 7) is 4.63. The number of aliphatic hydroxyl groups is 1. The molecule has 5 rings (SSSR count). The Balaban J connectivity index is 0.00000264. The molecule has 10 nitrogen and oxygen atoms in total. The summed E-state index contributed by atoms with van der Waals surface area (Å²) >= 11 is 0. The summed E-state index contributed by atoms with van der Waals surface area (Å²) in [5.74, 6) is -3.76. The minimum atomic E-state index is -2.80. The zero-order chi connectivity index (χ0) is 30.2. The molecule has 1 aromatic rings. The number of nitrogens with one attached hydrogen (secondary N) is 3. The number of halogens is 4.